The predicted molar refractivity (Wildman–Crippen MR) is 121 cm³/mol. The number of aromatic nitrogens is 1. The smallest absolute Gasteiger partial charge is 0.265 e. The van der Waals surface area contributed by atoms with Crippen LogP contribution in [0.4, 0.5) is 11.5 Å². The van der Waals surface area contributed by atoms with Gasteiger partial charge in [-0.1, -0.05) is 25.1 Å². The maximum Gasteiger partial charge on any atom is 0.265 e. The van der Waals surface area contributed by atoms with Crippen molar-refractivity contribution in [2.45, 2.75) is 38.2 Å². The van der Waals surface area contributed by atoms with Crippen LogP contribution in [0.2, 0.25) is 0 Å². The lowest BCUT2D eigenvalue weighted by Crippen LogP contribution is -2.32. The van der Waals surface area contributed by atoms with Gasteiger partial charge >= 0.3 is 0 Å². The summed E-state index contributed by atoms with van der Waals surface area (Å²) >= 11 is 0. The Labute approximate surface area is 182 Å². The zero-order valence-electron chi connectivity index (χ0n) is 17.6. The number of amides is 1. The standard InChI is InChI=1S/C23H25N3O4S/c1-4-20(30-21-15-16(2)8-9-17(21)3)23(27)25-18-10-12-19(13-11-18)31(28,29)26-22-7-5-6-14-24-22/h5-15,20H,4H2,1-3H3,(H,24,26)(H,25,27)/t20-/m1/s1. The average molecular weight is 440 g/mol. The van der Waals surface area contributed by atoms with E-state index in [2.05, 4.69) is 15.0 Å². The van der Waals surface area contributed by atoms with E-state index in [0.717, 1.165) is 11.1 Å². The van der Waals surface area contributed by atoms with E-state index in [4.69, 9.17) is 4.74 Å². The Bertz CT molecular complexity index is 1150. The van der Waals surface area contributed by atoms with Crippen molar-refractivity contribution in [3.05, 3.63) is 78.0 Å². The summed E-state index contributed by atoms with van der Waals surface area (Å²) in [6.07, 6.45) is 1.32. The Kier molecular flexibility index (Phi) is 6.91. The van der Waals surface area contributed by atoms with Crippen molar-refractivity contribution >= 4 is 27.4 Å². The lowest BCUT2D eigenvalue weighted by Gasteiger charge is -2.19. The SMILES string of the molecule is CC[C@@H](Oc1cc(C)ccc1C)C(=O)Nc1ccc(S(=O)(=O)Nc2ccccn2)cc1. The number of benzene rings is 2. The molecule has 1 amide bonds. The molecule has 2 N–H and O–H groups in total. The number of rotatable bonds is 8. The fraction of sp³-hybridized carbons (Fsp3) is 0.217. The van der Waals surface area contributed by atoms with Crippen molar-refractivity contribution in [3.8, 4) is 5.75 Å². The van der Waals surface area contributed by atoms with Crippen molar-refractivity contribution in [3.63, 3.8) is 0 Å². The number of ether oxygens (including phenoxy) is 1. The van der Waals surface area contributed by atoms with Gasteiger partial charge in [-0.3, -0.25) is 9.52 Å². The molecule has 2 aromatic carbocycles. The van der Waals surface area contributed by atoms with E-state index in [9.17, 15) is 13.2 Å². The summed E-state index contributed by atoms with van der Waals surface area (Å²) in [5.74, 6) is 0.601. The van der Waals surface area contributed by atoms with Gasteiger partial charge in [0.25, 0.3) is 15.9 Å². The fourth-order valence-electron chi connectivity index (χ4n) is 2.87. The van der Waals surface area contributed by atoms with Crippen LogP contribution < -0.4 is 14.8 Å². The van der Waals surface area contributed by atoms with Gasteiger partial charge in [0.2, 0.25) is 0 Å². The molecule has 8 heteroatoms. The third-order valence-electron chi connectivity index (χ3n) is 4.61. The molecule has 1 atom stereocenters. The number of carbonyl (C=O) groups excluding carboxylic acids is 1. The van der Waals surface area contributed by atoms with Gasteiger partial charge in [0.05, 0.1) is 4.90 Å². The number of carbonyl (C=O) groups is 1. The largest absolute Gasteiger partial charge is 0.480 e. The molecular formula is C23H25N3O4S. The van der Waals surface area contributed by atoms with Gasteiger partial charge in [0.1, 0.15) is 11.6 Å². The van der Waals surface area contributed by atoms with Gasteiger partial charge in [-0.15, -0.1) is 0 Å². The van der Waals surface area contributed by atoms with Crippen molar-refractivity contribution < 1.29 is 17.9 Å². The fourth-order valence-corrected chi connectivity index (χ4v) is 3.88. The molecule has 1 aromatic heterocycles. The molecule has 0 saturated heterocycles. The Hall–Kier alpha value is -3.39. The Balaban J connectivity index is 1.68. The van der Waals surface area contributed by atoms with Gasteiger partial charge in [0.15, 0.2) is 6.10 Å². The molecule has 0 aliphatic carbocycles. The Morgan fingerprint density at radius 3 is 2.45 bits per heavy atom. The molecule has 0 saturated carbocycles. The quantitative estimate of drug-likeness (QED) is 0.546. The first kappa shape index (κ1) is 22.3. The lowest BCUT2D eigenvalue weighted by molar-refractivity contribution is -0.122. The minimum absolute atomic E-state index is 0.0647. The molecule has 3 rings (SSSR count). The maximum absolute atomic E-state index is 12.7. The van der Waals surface area contributed by atoms with Crippen molar-refractivity contribution in [1.82, 2.24) is 4.98 Å². The lowest BCUT2D eigenvalue weighted by atomic mass is 10.1. The van der Waals surface area contributed by atoms with Crippen LogP contribution >= 0.6 is 0 Å². The number of anilines is 2. The summed E-state index contributed by atoms with van der Waals surface area (Å²) in [5.41, 5.74) is 2.48. The normalized spacial score (nSPS) is 12.1. The Morgan fingerprint density at radius 2 is 1.81 bits per heavy atom. The summed E-state index contributed by atoms with van der Waals surface area (Å²) in [4.78, 5) is 16.7. The Morgan fingerprint density at radius 1 is 1.06 bits per heavy atom. The highest BCUT2D eigenvalue weighted by Gasteiger charge is 2.20. The van der Waals surface area contributed by atoms with Gasteiger partial charge in [-0.2, -0.15) is 0 Å². The molecule has 162 valence electrons. The van der Waals surface area contributed by atoms with Crippen LogP contribution in [0.15, 0.2) is 71.8 Å². The van der Waals surface area contributed by atoms with Crippen LogP contribution in [0, 0.1) is 13.8 Å². The third kappa shape index (κ3) is 5.82. The molecule has 0 fully saturated rings. The van der Waals surface area contributed by atoms with E-state index in [1.54, 1.807) is 18.2 Å². The molecule has 0 spiro atoms. The molecular weight excluding hydrogens is 414 g/mol. The first-order valence-corrected chi connectivity index (χ1v) is 11.4. The van der Waals surface area contributed by atoms with Crippen LogP contribution in [0.1, 0.15) is 24.5 Å². The number of nitrogens with zero attached hydrogens (tertiary/aromatic N) is 1. The first-order valence-electron chi connectivity index (χ1n) is 9.87. The highest BCUT2D eigenvalue weighted by atomic mass is 32.2. The zero-order chi connectivity index (χ0) is 22.4. The van der Waals surface area contributed by atoms with Gasteiger partial charge in [-0.25, -0.2) is 13.4 Å². The molecule has 0 unspecified atom stereocenters. The summed E-state index contributed by atoms with van der Waals surface area (Å²) in [5, 5.41) is 2.78. The molecule has 3 aromatic rings. The van der Waals surface area contributed by atoms with Gasteiger partial charge in [0, 0.05) is 11.9 Å². The van der Waals surface area contributed by atoms with E-state index in [-0.39, 0.29) is 16.6 Å². The predicted octanol–water partition coefficient (Wildman–Crippen LogP) is 4.30. The first-order chi connectivity index (χ1) is 14.8. The number of sulfonamides is 1. The van der Waals surface area contributed by atoms with E-state index in [1.807, 2.05) is 39.0 Å². The van der Waals surface area contributed by atoms with Crippen LogP contribution in [-0.2, 0) is 14.8 Å². The summed E-state index contributed by atoms with van der Waals surface area (Å²) < 4.78 is 33.3. The van der Waals surface area contributed by atoms with Crippen LogP contribution in [0.5, 0.6) is 5.75 Å². The van der Waals surface area contributed by atoms with E-state index in [1.165, 1.54) is 30.5 Å². The van der Waals surface area contributed by atoms with Crippen LogP contribution in [0.25, 0.3) is 0 Å². The average Bonchev–Trinajstić information content (AvgIpc) is 2.75. The molecule has 1 heterocycles. The van der Waals surface area contributed by atoms with Crippen molar-refractivity contribution in [1.29, 1.82) is 0 Å². The van der Waals surface area contributed by atoms with E-state index < -0.39 is 16.1 Å². The second kappa shape index (κ2) is 9.61. The molecule has 7 nitrogen and oxygen atoms in total. The van der Waals surface area contributed by atoms with Crippen molar-refractivity contribution in [2.24, 2.45) is 0 Å². The second-order valence-electron chi connectivity index (χ2n) is 7.12. The molecule has 0 bridgehead atoms. The summed E-state index contributed by atoms with van der Waals surface area (Å²) in [7, 11) is -3.78. The third-order valence-corrected chi connectivity index (χ3v) is 5.98. The van der Waals surface area contributed by atoms with E-state index in [0.29, 0.717) is 17.9 Å². The van der Waals surface area contributed by atoms with Gasteiger partial charge in [-0.05, 0) is 73.9 Å². The zero-order valence-corrected chi connectivity index (χ0v) is 18.4. The minimum Gasteiger partial charge on any atom is -0.480 e. The monoisotopic (exact) mass is 439 g/mol. The second-order valence-corrected chi connectivity index (χ2v) is 8.80. The maximum atomic E-state index is 12.7. The van der Waals surface area contributed by atoms with Crippen LogP contribution in [0.3, 0.4) is 0 Å². The summed E-state index contributed by atoms with van der Waals surface area (Å²) in [6.45, 7) is 5.76. The van der Waals surface area contributed by atoms with Crippen molar-refractivity contribution in [2.75, 3.05) is 10.0 Å². The van der Waals surface area contributed by atoms with Crippen LogP contribution in [-0.4, -0.2) is 25.4 Å². The number of hydrogen-bond donors (Lipinski definition) is 2. The highest BCUT2D eigenvalue weighted by Crippen LogP contribution is 2.22. The topological polar surface area (TPSA) is 97.4 Å². The number of hydrogen-bond acceptors (Lipinski definition) is 5. The number of aryl methyl sites for hydroxylation is 2. The number of pyridine rings is 1. The molecule has 0 aliphatic heterocycles. The highest BCUT2D eigenvalue weighted by molar-refractivity contribution is 7.92. The molecule has 31 heavy (non-hydrogen) atoms. The molecule has 0 aliphatic rings. The summed E-state index contributed by atoms with van der Waals surface area (Å²) in [6, 6.07) is 16.7. The van der Waals surface area contributed by atoms with Gasteiger partial charge < -0.3 is 10.1 Å². The number of nitrogens with one attached hydrogen (secondary N) is 2. The molecule has 0 radical (unpaired) electrons. The minimum atomic E-state index is -3.78. The van der Waals surface area contributed by atoms with E-state index >= 15 is 0 Å².